The maximum atomic E-state index is 11.1. The molecule has 0 amide bonds. The highest BCUT2D eigenvalue weighted by Crippen LogP contribution is 2.02. The molecule has 1 aromatic heterocycles. The molecule has 5 nitrogen and oxygen atoms in total. The number of rotatable bonds is 5. The molecule has 0 saturated heterocycles. The van der Waals surface area contributed by atoms with Gasteiger partial charge >= 0.3 is 5.97 Å². The van der Waals surface area contributed by atoms with E-state index in [-0.39, 0.29) is 5.97 Å². The van der Waals surface area contributed by atoms with Crippen LogP contribution in [0.1, 0.15) is 18.9 Å². The fourth-order valence-electron chi connectivity index (χ4n) is 1.10. The predicted molar refractivity (Wildman–Crippen MR) is 51.5 cm³/mol. The summed E-state index contributed by atoms with van der Waals surface area (Å²) < 4.78 is 4.79. The third-order valence-corrected chi connectivity index (χ3v) is 1.89. The molecule has 0 aromatic carbocycles. The SMILES string of the molecule is CCOC(=O)C(N)CCc1cn[nH]c1. The summed E-state index contributed by atoms with van der Waals surface area (Å²) in [7, 11) is 0. The molecule has 1 atom stereocenters. The van der Waals surface area contributed by atoms with Crippen LogP contribution in [0, 0.1) is 0 Å². The van der Waals surface area contributed by atoms with E-state index < -0.39 is 6.04 Å². The van der Waals surface area contributed by atoms with Crippen LogP contribution < -0.4 is 5.73 Å². The van der Waals surface area contributed by atoms with E-state index in [9.17, 15) is 4.79 Å². The van der Waals surface area contributed by atoms with Crippen LogP contribution in [-0.4, -0.2) is 28.8 Å². The first-order valence-electron chi connectivity index (χ1n) is 4.64. The van der Waals surface area contributed by atoms with Crippen LogP contribution in [0.25, 0.3) is 0 Å². The van der Waals surface area contributed by atoms with Crippen molar-refractivity contribution in [2.75, 3.05) is 6.61 Å². The number of carbonyl (C=O) groups is 1. The normalized spacial score (nSPS) is 12.4. The lowest BCUT2D eigenvalue weighted by atomic mass is 10.1. The van der Waals surface area contributed by atoms with Crippen molar-refractivity contribution >= 4 is 5.97 Å². The molecule has 0 aliphatic rings. The van der Waals surface area contributed by atoms with Crippen molar-refractivity contribution in [3.63, 3.8) is 0 Å². The molecule has 0 aliphatic heterocycles. The van der Waals surface area contributed by atoms with E-state index >= 15 is 0 Å². The minimum Gasteiger partial charge on any atom is -0.465 e. The average molecular weight is 197 g/mol. The predicted octanol–water partition coefficient (Wildman–Crippen LogP) is 0.233. The van der Waals surface area contributed by atoms with E-state index in [1.54, 1.807) is 19.3 Å². The number of carbonyl (C=O) groups excluding carboxylic acids is 1. The highest BCUT2D eigenvalue weighted by Gasteiger charge is 2.13. The molecule has 1 aromatic rings. The Morgan fingerprint density at radius 3 is 3.14 bits per heavy atom. The van der Waals surface area contributed by atoms with Crippen LogP contribution in [-0.2, 0) is 16.0 Å². The molecule has 1 rings (SSSR count). The van der Waals surface area contributed by atoms with Crippen molar-refractivity contribution in [1.82, 2.24) is 10.2 Å². The molecule has 14 heavy (non-hydrogen) atoms. The molecule has 3 N–H and O–H groups in total. The Morgan fingerprint density at radius 1 is 1.79 bits per heavy atom. The molecule has 1 unspecified atom stereocenters. The van der Waals surface area contributed by atoms with Crippen LogP contribution in [0.5, 0.6) is 0 Å². The van der Waals surface area contributed by atoms with Crippen LogP contribution >= 0.6 is 0 Å². The monoisotopic (exact) mass is 197 g/mol. The third kappa shape index (κ3) is 3.18. The maximum Gasteiger partial charge on any atom is 0.322 e. The minimum absolute atomic E-state index is 0.337. The molecule has 0 saturated carbocycles. The van der Waals surface area contributed by atoms with Crippen LogP contribution in [0.2, 0.25) is 0 Å². The Bertz CT molecular complexity index is 272. The first-order chi connectivity index (χ1) is 6.74. The highest BCUT2D eigenvalue weighted by molar-refractivity contribution is 5.75. The molecule has 78 valence electrons. The van der Waals surface area contributed by atoms with Crippen LogP contribution in [0.15, 0.2) is 12.4 Å². The van der Waals surface area contributed by atoms with Gasteiger partial charge in [0.05, 0.1) is 12.8 Å². The third-order valence-electron chi connectivity index (χ3n) is 1.89. The van der Waals surface area contributed by atoms with Gasteiger partial charge in [0.15, 0.2) is 0 Å². The van der Waals surface area contributed by atoms with Gasteiger partial charge < -0.3 is 10.5 Å². The van der Waals surface area contributed by atoms with Crippen LogP contribution in [0.4, 0.5) is 0 Å². The summed E-state index contributed by atoms with van der Waals surface area (Å²) in [5.74, 6) is -0.337. The van der Waals surface area contributed by atoms with E-state index in [0.29, 0.717) is 13.0 Å². The summed E-state index contributed by atoms with van der Waals surface area (Å²) in [6, 6.07) is -0.537. The van der Waals surface area contributed by atoms with Gasteiger partial charge in [-0.3, -0.25) is 9.89 Å². The van der Waals surface area contributed by atoms with E-state index in [4.69, 9.17) is 10.5 Å². The van der Waals surface area contributed by atoms with Crippen LogP contribution in [0.3, 0.4) is 0 Å². The summed E-state index contributed by atoms with van der Waals surface area (Å²) in [6.07, 6.45) is 4.82. The van der Waals surface area contributed by atoms with Gasteiger partial charge in [0, 0.05) is 6.20 Å². The van der Waals surface area contributed by atoms with E-state index in [0.717, 1.165) is 12.0 Å². The number of ether oxygens (including phenoxy) is 1. The number of hydrogen-bond donors (Lipinski definition) is 2. The first kappa shape index (κ1) is 10.7. The fraction of sp³-hybridized carbons (Fsp3) is 0.556. The number of hydrogen-bond acceptors (Lipinski definition) is 4. The topological polar surface area (TPSA) is 81.0 Å². The minimum atomic E-state index is -0.537. The second-order valence-electron chi connectivity index (χ2n) is 3.00. The number of aromatic amines is 1. The average Bonchev–Trinajstić information content (AvgIpc) is 2.67. The Kier molecular flexibility index (Phi) is 4.12. The van der Waals surface area contributed by atoms with E-state index in [1.165, 1.54) is 0 Å². The number of esters is 1. The number of H-pyrrole nitrogens is 1. The maximum absolute atomic E-state index is 11.1. The zero-order chi connectivity index (χ0) is 10.4. The second kappa shape index (κ2) is 5.39. The van der Waals surface area contributed by atoms with Crippen molar-refractivity contribution in [3.8, 4) is 0 Å². The van der Waals surface area contributed by atoms with E-state index in [1.807, 2.05) is 0 Å². The van der Waals surface area contributed by atoms with Gasteiger partial charge in [-0.1, -0.05) is 0 Å². The lowest BCUT2D eigenvalue weighted by Crippen LogP contribution is -2.32. The number of nitrogens with two attached hydrogens (primary N) is 1. The Balaban J connectivity index is 2.27. The summed E-state index contributed by atoms with van der Waals surface area (Å²) in [5.41, 5.74) is 6.66. The Labute approximate surface area is 82.6 Å². The summed E-state index contributed by atoms with van der Waals surface area (Å²) in [5, 5.41) is 6.50. The van der Waals surface area contributed by atoms with Gasteiger partial charge in [0.1, 0.15) is 6.04 Å². The molecule has 0 spiro atoms. The summed E-state index contributed by atoms with van der Waals surface area (Å²) in [6.45, 7) is 2.14. The quantitative estimate of drug-likeness (QED) is 0.662. The molecule has 5 heteroatoms. The van der Waals surface area contributed by atoms with Gasteiger partial charge in [0.2, 0.25) is 0 Å². The molecule has 0 aliphatic carbocycles. The zero-order valence-corrected chi connectivity index (χ0v) is 8.19. The molecule has 0 fully saturated rings. The standard InChI is InChI=1S/C9H15N3O2/c1-2-14-9(13)8(10)4-3-7-5-11-12-6-7/h5-6,8H,2-4,10H2,1H3,(H,11,12). The first-order valence-corrected chi connectivity index (χ1v) is 4.64. The van der Waals surface area contributed by atoms with Gasteiger partial charge in [-0.25, -0.2) is 0 Å². The van der Waals surface area contributed by atoms with Crippen molar-refractivity contribution in [2.45, 2.75) is 25.8 Å². The van der Waals surface area contributed by atoms with E-state index in [2.05, 4.69) is 10.2 Å². The van der Waals surface area contributed by atoms with Crippen molar-refractivity contribution in [2.24, 2.45) is 5.73 Å². The Morgan fingerprint density at radius 2 is 2.57 bits per heavy atom. The lowest BCUT2D eigenvalue weighted by Gasteiger charge is -2.08. The van der Waals surface area contributed by atoms with Gasteiger partial charge in [-0.05, 0) is 25.3 Å². The molecular formula is C9H15N3O2. The number of aromatic nitrogens is 2. The summed E-state index contributed by atoms with van der Waals surface area (Å²) in [4.78, 5) is 11.1. The van der Waals surface area contributed by atoms with Gasteiger partial charge in [0.25, 0.3) is 0 Å². The molecule has 0 radical (unpaired) electrons. The smallest absolute Gasteiger partial charge is 0.322 e. The van der Waals surface area contributed by atoms with Crippen molar-refractivity contribution < 1.29 is 9.53 Å². The van der Waals surface area contributed by atoms with Crippen molar-refractivity contribution in [3.05, 3.63) is 18.0 Å². The molecule has 0 bridgehead atoms. The largest absolute Gasteiger partial charge is 0.465 e. The Hall–Kier alpha value is -1.36. The lowest BCUT2D eigenvalue weighted by molar-refractivity contribution is -0.144. The summed E-state index contributed by atoms with van der Waals surface area (Å²) >= 11 is 0. The molecule has 1 heterocycles. The number of aryl methyl sites for hydroxylation is 1. The zero-order valence-electron chi connectivity index (χ0n) is 8.19. The van der Waals surface area contributed by atoms with Crippen molar-refractivity contribution in [1.29, 1.82) is 0 Å². The fourth-order valence-corrected chi connectivity index (χ4v) is 1.10. The van der Waals surface area contributed by atoms with Gasteiger partial charge in [-0.15, -0.1) is 0 Å². The highest BCUT2D eigenvalue weighted by atomic mass is 16.5. The number of nitrogens with zero attached hydrogens (tertiary/aromatic N) is 1. The number of nitrogens with one attached hydrogen (secondary N) is 1. The second-order valence-corrected chi connectivity index (χ2v) is 3.00. The molecular weight excluding hydrogens is 182 g/mol. The van der Waals surface area contributed by atoms with Gasteiger partial charge in [-0.2, -0.15) is 5.10 Å².